The Kier molecular flexibility index (Phi) is 7.21. The number of thiazole rings is 1. The quantitative estimate of drug-likeness (QED) is 0.241. The lowest BCUT2D eigenvalue weighted by molar-refractivity contribution is -0.116. The van der Waals surface area contributed by atoms with E-state index in [0.29, 0.717) is 23.7 Å². The Morgan fingerprint density at radius 3 is 2.53 bits per heavy atom. The first kappa shape index (κ1) is 23.9. The van der Waals surface area contributed by atoms with Crippen LogP contribution >= 0.6 is 22.9 Å². The van der Waals surface area contributed by atoms with Crippen molar-refractivity contribution >= 4 is 34.7 Å². The van der Waals surface area contributed by atoms with Crippen LogP contribution in [0.1, 0.15) is 17.5 Å². The molecular weight excluding hydrogens is 486 g/mol. The van der Waals surface area contributed by atoms with Crippen LogP contribution in [0.25, 0.3) is 32.3 Å². The van der Waals surface area contributed by atoms with E-state index < -0.39 is 0 Å². The molecule has 6 heteroatoms. The molecule has 5 aromatic rings. The molecule has 5 rings (SSSR count). The summed E-state index contributed by atoms with van der Waals surface area (Å²) in [6.07, 6.45) is 2.79. The Morgan fingerprint density at radius 2 is 1.72 bits per heavy atom. The van der Waals surface area contributed by atoms with Gasteiger partial charge in [0.05, 0.1) is 15.6 Å². The Hall–Kier alpha value is -3.80. The number of anilines is 1. The lowest BCUT2D eigenvalue weighted by atomic mass is 10.1. The van der Waals surface area contributed by atoms with Crippen LogP contribution in [0.4, 0.5) is 5.82 Å². The molecule has 2 heterocycles. The highest BCUT2D eigenvalue weighted by atomic mass is 35.5. The number of hydrogen-bond donors (Lipinski definition) is 1. The molecule has 0 fully saturated rings. The van der Waals surface area contributed by atoms with Crippen LogP contribution < -0.4 is 5.32 Å². The molecule has 1 amide bonds. The molecule has 178 valence electrons. The Bertz CT molecular complexity index is 1510. The summed E-state index contributed by atoms with van der Waals surface area (Å²) in [5.41, 5.74) is 6.04. The molecule has 0 aliphatic rings. The number of aromatic nitrogens is 2. The molecule has 0 radical (unpaired) electrons. The number of carbonyl (C=O) groups excluding carboxylic acids is 1. The Balaban J connectivity index is 1.46. The van der Waals surface area contributed by atoms with Gasteiger partial charge in [-0.3, -0.25) is 4.79 Å². The van der Waals surface area contributed by atoms with Crippen molar-refractivity contribution in [3.8, 4) is 32.3 Å². The van der Waals surface area contributed by atoms with E-state index in [9.17, 15) is 4.79 Å². The van der Waals surface area contributed by atoms with Gasteiger partial charge in [0.15, 0.2) is 0 Å². The van der Waals surface area contributed by atoms with Crippen LogP contribution in [-0.4, -0.2) is 15.9 Å². The second-order valence-corrected chi connectivity index (χ2v) is 9.92. The number of carbonyl (C=O) groups is 1. The van der Waals surface area contributed by atoms with Crippen LogP contribution in [0.15, 0.2) is 97.2 Å². The summed E-state index contributed by atoms with van der Waals surface area (Å²) < 4.78 is 0. The van der Waals surface area contributed by atoms with Crippen molar-refractivity contribution in [2.24, 2.45) is 0 Å². The first-order valence-electron chi connectivity index (χ1n) is 11.7. The smallest absolute Gasteiger partial charge is 0.225 e. The zero-order valence-corrected chi connectivity index (χ0v) is 21.3. The van der Waals surface area contributed by atoms with Gasteiger partial charge in [-0.2, -0.15) is 0 Å². The molecule has 1 N–H and O–H groups in total. The van der Waals surface area contributed by atoms with Gasteiger partial charge in [-0.05, 0) is 48.7 Å². The van der Waals surface area contributed by atoms with E-state index in [0.717, 1.165) is 43.4 Å². The van der Waals surface area contributed by atoms with Crippen molar-refractivity contribution < 1.29 is 4.79 Å². The highest BCUT2D eigenvalue weighted by Gasteiger charge is 2.18. The summed E-state index contributed by atoms with van der Waals surface area (Å²) in [4.78, 5) is 23.0. The third kappa shape index (κ3) is 5.54. The molecule has 3 aromatic carbocycles. The van der Waals surface area contributed by atoms with Crippen LogP contribution in [0.5, 0.6) is 0 Å². The van der Waals surface area contributed by atoms with Crippen molar-refractivity contribution in [3.63, 3.8) is 0 Å². The molecule has 0 saturated carbocycles. The molecule has 2 aromatic heterocycles. The van der Waals surface area contributed by atoms with Gasteiger partial charge in [0.25, 0.3) is 0 Å². The van der Waals surface area contributed by atoms with Crippen molar-refractivity contribution in [1.29, 1.82) is 0 Å². The van der Waals surface area contributed by atoms with E-state index in [2.05, 4.69) is 35.4 Å². The minimum Gasteiger partial charge on any atom is -0.311 e. The minimum absolute atomic E-state index is 0.0662. The molecular formula is C30H24ClN3OS. The third-order valence-electron chi connectivity index (χ3n) is 5.80. The van der Waals surface area contributed by atoms with Gasteiger partial charge in [-0.15, -0.1) is 11.3 Å². The van der Waals surface area contributed by atoms with Gasteiger partial charge in [0.2, 0.25) is 5.91 Å². The van der Waals surface area contributed by atoms with Gasteiger partial charge < -0.3 is 5.32 Å². The second kappa shape index (κ2) is 10.9. The number of benzene rings is 3. The van der Waals surface area contributed by atoms with Crippen LogP contribution in [-0.2, 0) is 11.2 Å². The summed E-state index contributed by atoms with van der Waals surface area (Å²) in [6, 6.07) is 29.9. The molecule has 0 aliphatic heterocycles. The van der Waals surface area contributed by atoms with Gasteiger partial charge in [0.1, 0.15) is 10.8 Å². The van der Waals surface area contributed by atoms with Crippen molar-refractivity contribution in [2.75, 3.05) is 5.32 Å². The van der Waals surface area contributed by atoms with E-state index in [-0.39, 0.29) is 5.91 Å². The number of aryl methyl sites for hydroxylation is 2. The molecule has 4 nitrogen and oxygen atoms in total. The second-order valence-electron chi connectivity index (χ2n) is 8.51. The summed E-state index contributed by atoms with van der Waals surface area (Å²) in [6.45, 7) is 2.07. The lowest BCUT2D eigenvalue weighted by Crippen LogP contribution is -2.13. The number of amides is 1. The maximum atomic E-state index is 12.6. The highest BCUT2D eigenvalue weighted by Crippen LogP contribution is 2.42. The predicted molar refractivity (Wildman–Crippen MR) is 149 cm³/mol. The summed E-state index contributed by atoms with van der Waals surface area (Å²) >= 11 is 8.08. The number of nitrogens with one attached hydrogen (secondary N) is 1. The number of halogens is 1. The summed E-state index contributed by atoms with van der Waals surface area (Å²) in [5.74, 6) is 0.455. The largest absolute Gasteiger partial charge is 0.311 e. The average molecular weight is 510 g/mol. The summed E-state index contributed by atoms with van der Waals surface area (Å²) in [7, 11) is 0. The monoisotopic (exact) mass is 509 g/mol. The predicted octanol–water partition coefficient (Wildman–Crippen LogP) is 8.07. The minimum atomic E-state index is -0.0662. The first-order chi connectivity index (χ1) is 17.6. The molecule has 0 aliphatic carbocycles. The number of pyridine rings is 1. The first-order valence-corrected chi connectivity index (χ1v) is 12.9. The number of nitrogens with zero attached hydrogens (tertiary/aromatic N) is 2. The molecule has 0 unspecified atom stereocenters. The maximum Gasteiger partial charge on any atom is 0.225 e. The fraction of sp³-hybridized carbons (Fsp3) is 0.100. The zero-order valence-electron chi connectivity index (χ0n) is 19.7. The molecule has 0 bridgehead atoms. The fourth-order valence-electron chi connectivity index (χ4n) is 4.00. The fourth-order valence-corrected chi connectivity index (χ4v) is 5.41. The average Bonchev–Trinajstić information content (AvgIpc) is 3.34. The van der Waals surface area contributed by atoms with Crippen LogP contribution in [0.3, 0.4) is 0 Å². The number of hydrogen-bond acceptors (Lipinski definition) is 4. The molecule has 0 saturated heterocycles. The van der Waals surface area contributed by atoms with Gasteiger partial charge >= 0.3 is 0 Å². The van der Waals surface area contributed by atoms with Crippen molar-refractivity contribution in [2.45, 2.75) is 19.8 Å². The van der Waals surface area contributed by atoms with Gasteiger partial charge in [-0.25, -0.2) is 9.97 Å². The Labute approximate surface area is 219 Å². The maximum absolute atomic E-state index is 12.6. The standard InChI is InChI=1S/C30H24ClN3OS/c1-20-8-7-11-22(18-20)28-29(36-30(34-28)24-12-5-6-13-25(24)31)23-16-17-32-26(19-23)33-27(35)15-14-21-9-3-2-4-10-21/h2-13,16-19H,14-15H2,1H3,(H,32,33,35). The zero-order chi connectivity index (χ0) is 24.9. The normalized spacial score (nSPS) is 10.8. The van der Waals surface area contributed by atoms with Crippen molar-refractivity contribution in [3.05, 3.63) is 113 Å². The topological polar surface area (TPSA) is 54.9 Å². The summed E-state index contributed by atoms with van der Waals surface area (Å²) in [5, 5.41) is 4.46. The van der Waals surface area contributed by atoms with E-state index in [1.807, 2.05) is 72.8 Å². The van der Waals surface area contributed by atoms with Gasteiger partial charge in [-0.1, -0.05) is 83.9 Å². The molecule has 0 spiro atoms. The molecule has 36 heavy (non-hydrogen) atoms. The third-order valence-corrected chi connectivity index (χ3v) is 7.26. The lowest BCUT2D eigenvalue weighted by Gasteiger charge is -2.08. The van der Waals surface area contributed by atoms with Crippen molar-refractivity contribution in [1.82, 2.24) is 9.97 Å². The number of rotatable bonds is 7. The van der Waals surface area contributed by atoms with E-state index in [1.165, 1.54) is 0 Å². The highest BCUT2D eigenvalue weighted by molar-refractivity contribution is 7.19. The van der Waals surface area contributed by atoms with E-state index in [4.69, 9.17) is 16.6 Å². The Morgan fingerprint density at radius 1 is 0.917 bits per heavy atom. The van der Waals surface area contributed by atoms with Crippen LogP contribution in [0, 0.1) is 6.92 Å². The molecule has 0 atom stereocenters. The van der Waals surface area contributed by atoms with Gasteiger partial charge in [0, 0.05) is 23.7 Å². The van der Waals surface area contributed by atoms with Crippen LogP contribution in [0.2, 0.25) is 5.02 Å². The van der Waals surface area contributed by atoms with E-state index in [1.54, 1.807) is 17.5 Å². The van der Waals surface area contributed by atoms with E-state index >= 15 is 0 Å². The SMILES string of the molecule is Cc1cccc(-c2nc(-c3ccccc3Cl)sc2-c2ccnc(NC(=O)CCc3ccccc3)c2)c1.